The second-order valence-corrected chi connectivity index (χ2v) is 5.94. The zero-order valence-corrected chi connectivity index (χ0v) is 11.9. The van der Waals surface area contributed by atoms with E-state index in [1.165, 1.54) is 20.9 Å². The van der Waals surface area contributed by atoms with Crippen LogP contribution in [0.3, 0.4) is 0 Å². The van der Waals surface area contributed by atoms with Crippen LogP contribution in [0.2, 0.25) is 0 Å². The van der Waals surface area contributed by atoms with Gasteiger partial charge in [0.05, 0.1) is 12.6 Å². The first kappa shape index (κ1) is 13.3. The van der Waals surface area contributed by atoms with Crippen molar-refractivity contribution in [3.8, 4) is 0 Å². The highest BCUT2D eigenvalue weighted by Crippen LogP contribution is 2.26. The Morgan fingerprint density at radius 3 is 2.56 bits per heavy atom. The van der Waals surface area contributed by atoms with E-state index in [1.807, 2.05) is 29.5 Å². The van der Waals surface area contributed by atoms with E-state index in [-0.39, 0.29) is 6.04 Å². The summed E-state index contributed by atoms with van der Waals surface area (Å²) in [6, 6.07) is 12.6. The minimum Gasteiger partial charge on any atom is -0.296 e. The molecule has 18 heavy (non-hydrogen) atoms. The molecule has 1 N–H and O–H groups in total. The van der Waals surface area contributed by atoms with Gasteiger partial charge in [0.2, 0.25) is 0 Å². The number of nitrogens with one attached hydrogen (secondary N) is 1. The van der Waals surface area contributed by atoms with Gasteiger partial charge in [-0.25, -0.2) is 0 Å². The van der Waals surface area contributed by atoms with Crippen molar-refractivity contribution in [2.75, 3.05) is 0 Å². The molecule has 0 radical (unpaired) electrons. The summed E-state index contributed by atoms with van der Waals surface area (Å²) < 4.78 is 0. The number of benzene rings is 1. The first-order valence-electron chi connectivity index (χ1n) is 6.15. The van der Waals surface area contributed by atoms with Gasteiger partial charge in [-0.05, 0) is 38.0 Å². The average Bonchev–Trinajstić information content (AvgIpc) is 2.70. The van der Waals surface area contributed by atoms with Crippen LogP contribution in [0.5, 0.6) is 0 Å². The van der Waals surface area contributed by atoms with Crippen LogP contribution >= 0.6 is 11.3 Å². The lowest BCUT2D eigenvalue weighted by molar-refractivity contribution is 0.00695. The van der Waals surface area contributed by atoms with Crippen molar-refractivity contribution in [2.45, 2.75) is 33.4 Å². The molecular weight excluding hydrogens is 242 g/mol. The Labute approximate surface area is 113 Å². The average molecular weight is 261 g/mol. The predicted molar refractivity (Wildman–Crippen MR) is 76.6 cm³/mol. The zero-order chi connectivity index (χ0) is 13.0. The molecule has 0 aliphatic rings. The largest absolute Gasteiger partial charge is 0.296 e. The van der Waals surface area contributed by atoms with Crippen molar-refractivity contribution in [1.82, 2.24) is 5.48 Å². The fraction of sp³-hybridized carbons (Fsp3) is 0.333. The molecule has 2 nitrogen and oxygen atoms in total. The monoisotopic (exact) mass is 261 g/mol. The summed E-state index contributed by atoms with van der Waals surface area (Å²) in [6.07, 6.45) is 0. The van der Waals surface area contributed by atoms with Crippen molar-refractivity contribution >= 4 is 11.3 Å². The molecule has 0 spiro atoms. The van der Waals surface area contributed by atoms with Crippen LogP contribution in [0.15, 0.2) is 36.4 Å². The topological polar surface area (TPSA) is 21.3 Å². The number of rotatable bonds is 5. The molecule has 2 rings (SSSR count). The molecule has 2 aromatic rings. The van der Waals surface area contributed by atoms with Gasteiger partial charge in [0.15, 0.2) is 0 Å². The van der Waals surface area contributed by atoms with Crippen LogP contribution in [-0.4, -0.2) is 0 Å². The van der Waals surface area contributed by atoms with Crippen molar-refractivity contribution < 1.29 is 4.84 Å². The van der Waals surface area contributed by atoms with E-state index in [9.17, 15) is 0 Å². The maximum Gasteiger partial charge on any atom is 0.0933 e. The lowest BCUT2D eigenvalue weighted by Crippen LogP contribution is -2.19. The summed E-state index contributed by atoms with van der Waals surface area (Å²) in [5.74, 6) is 0. The molecule has 0 aliphatic carbocycles. The summed E-state index contributed by atoms with van der Waals surface area (Å²) in [4.78, 5) is 8.26. The minimum atomic E-state index is 0.221. The van der Waals surface area contributed by atoms with Crippen molar-refractivity contribution in [1.29, 1.82) is 0 Å². The maximum absolute atomic E-state index is 5.55. The van der Waals surface area contributed by atoms with Gasteiger partial charge < -0.3 is 0 Å². The van der Waals surface area contributed by atoms with E-state index in [1.54, 1.807) is 0 Å². The van der Waals surface area contributed by atoms with Crippen molar-refractivity contribution in [3.05, 3.63) is 57.3 Å². The maximum atomic E-state index is 5.55. The first-order chi connectivity index (χ1) is 8.66. The number of hydrogen-bond acceptors (Lipinski definition) is 3. The smallest absolute Gasteiger partial charge is 0.0933 e. The van der Waals surface area contributed by atoms with Gasteiger partial charge in [-0.2, -0.15) is 5.48 Å². The van der Waals surface area contributed by atoms with Gasteiger partial charge in [0.25, 0.3) is 0 Å². The molecule has 0 fully saturated rings. The summed E-state index contributed by atoms with van der Waals surface area (Å²) in [6.45, 7) is 7.01. The molecule has 1 aromatic carbocycles. The van der Waals surface area contributed by atoms with Crippen LogP contribution in [0.1, 0.15) is 33.8 Å². The van der Waals surface area contributed by atoms with E-state index in [4.69, 9.17) is 4.84 Å². The Balaban J connectivity index is 1.85. The van der Waals surface area contributed by atoms with Crippen LogP contribution in [0, 0.1) is 13.8 Å². The highest BCUT2D eigenvalue weighted by molar-refractivity contribution is 7.12. The van der Waals surface area contributed by atoms with E-state index in [2.05, 4.69) is 44.5 Å². The Kier molecular flexibility index (Phi) is 4.53. The van der Waals surface area contributed by atoms with Gasteiger partial charge in [0, 0.05) is 9.75 Å². The molecule has 3 heteroatoms. The Bertz CT molecular complexity index is 492. The molecule has 96 valence electrons. The summed E-state index contributed by atoms with van der Waals surface area (Å²) in [5.41, 5.74) is 5.61. The Morgan fingerprint density at radius 2 is 1.94 bits per heavy atom. The predicted octanol–water partition coefficient (Wildman–Crippen LogP) is 4.15. The molecule has 0 amide bonds. The van der Waals surface area contributed by atoms with Gasteiger partial charge in [-0.3, -0.25) is 4.84 Å². The fourth-order valence-electron chi connectivity index (χ4n) is 1.97. The second-order valence-electron chi connectivity index (χ2n) is 4.48. The molecule has 0 saturated carbocycles. The van der Waals surface area contributed by atoms with Crippen molar-refractivity contribution in [3.63, 3.8) is 0 Å². The van der Waals surface area contributed by atoms with Crippen LogP contribution in [0.4, 0.5) is 0 Å². The third-order valence-electron chi connectivity index (χ3n) is 2.89. The van der Waals surface area contributed by atoms with Crippen LogP contribution in [-0.2, 0) is 11.4 Å². The van der Waals surface area contributed by atoms with Crippen LogP contribution in [0.25, 0.3) is 0 Å². The molecule has 1 unspecified atom stereocenters. The third-order valence-corrected chi connectivity index (χ3v) is 3.87. The first-order valence-corrected chi connectivity index (χ1v) is 6.96. The van der Waals surface area contributed by atoms with E-state index < -0.39 is 0 Å². The molecule has 1 aromatic heterocycles. The number of hydroxylamine groups is 1. The van der Waals surface area contributed by atoms with E-state index in [0.29, 0.717) is 6.61 Å². The third kappa shape index (κ3) is 3.42. The van der Waals surface area contributed by atoms with E-state index in [0.717, 1.165) is 0 Å². The van der Waals surface area contributed by atoms with Gasteiger partial charge >= 0.3 is 0 Å². The fourth-order valence-corrected chi connectivity index (χ4v) is 2.99. The Hall–Kier alpha value is -1.16. The molecule has 0 bridgehead atoms. The number of hydrogen-bond donors (Lipinski definition) is 1. The Morgan fingerprint density at radius 1 is 1.22 bits per heavy atom. The molecule has 0 aliphatic heterocycles. The van der Waals surface area contributed by atoms with Gasteiger partial charge in [-0.1, -0.05) is 30.3 Å². The highest BCUT2D eigenvalue weighted by Gasteiger charge is 2.10. The van der Waals surface area contributed by atoms with Crippen molar-refractivity contribution in [2.24, 2.45) is 0 Å². The second kappa shape index (κ2) is 6.14. The SMILES string of the molecule is Cc1cc(C(C)NOCc2ccccc2)c(C)s1. The molecule has 1 heterocycles. The van der Waals surface area contributed by atoms with Gasteiger partial charge in [0.1, 0.15) is 0 Å². The van der Waals surface area contributed by atoms with Gasteiger partial charge in [-0.15, -0.1) is 11.3 Å². The van der Waals surface area contributed by atoms with Crippen LogP contribution < -0.4 is 5.48 Å². The number of thiophene rings is 1. The summed E-state index contributed by atoms with van der Waals surface area (Å²) in [5, 5.41) is 0. The summed E-state index contributed by atoms with van der Waals surface area (Å²) in [7, 11) is 0. The highest BCUT2D eigenvalue weighted by atomic mass is 32.1. The standard InChI is InChI=1S/C15H19NOS/c1-11-9-15(13(3)18-11)12(2)16-17-10-14-7-5-4-6-8-14/h4-9,12,16H,10H2,1-3H3. The normalized spacial score (nSPS) is 12.6. The molecular formula is C15H19NOS. The number of aryl methyl sites for hydroxylation is 2. The lowest BCUT2D eigenvalue weighted by Gasteiger charge is -2.13. The lowest BCUT2D eigenvalue weighted by atomic mass is 10.1. The van der Waals surface area contributed by atoms with E-state index >= 15 is 0 Å². The molecule has 1 atom stereocenters. The minimum absolute atomic E-state index is 0.221. The summed E-state index contributed by atoms with van der Waals surface area (Å²) >= 11 is 1.83. The quantitative estimate of drug-likeness (QED) is 0.816. The molecule has 0 saturated heterocycles. The zero-order valence-electron chi connectivity index (χ0n) is 11.1.